The first-order chi connectivity index (χ1) is 17.8. The van der Waals surface area contributed by atoms with Gasteiger partial charge in [-0.25, -0.2) is 33.1 Å². The highest BCUT2D eigenvalue weighted by Gasteiger charge is 2.71. The van der Waals surface area contributed by atoms with Crippen LogP contribution in [0.3, 0.4) is 0 Å². The van der Waals surface area contributed by atoms with Crippen LogP contribution in [0.25, 0.3) is 11.0 Å². The summed E-state index contributed by atoms with van der Waals surface area (Å²) in [5.41, 5.74) is 6.33. The number of pyridine rings is 1. The number of fused-ring (bicyclic) bond motifs is 2. The topological polar surface area (TPSA) is 124 Å². The molecule has 3 atom stereocenters. The second kappa shape index (κ2) is 8.61. The Kier molecular flexibility index (Phi) is 5.48. The van der Waals surface area contributed by atoms with Gasteiger partial charge in [0.1, 0.15) is 17.6 Å². The number of amidine groups is 1. The van der Waals surface area contributed by atoms with Crippen LogP contribution >= 0.6 is 11.8 Å². The maximum Gasteiger partial charge on any atom is 0.253 e. The third-order valence-corrected chi connectivity index (χ3v) is 7.99. The Bertz CT molecular complexity index is 1520. The number of rotatable bonds is 7. The number of aromatic nitrogens is 4. The van der Waals surface area contributed by atoms with E-state index < -0.39 is 28.4 Å². The second-order valence-corrected chi connectivity index (χ2v) is 10.4. The van der Waals surface area contributed by atoms with Gasteiger partial charge in [-0.15, -0.1) is 0 Å². The van der Waals surface area contributed by atoms with Gasteiger partial charge in [-0.1, -0.05) is 11.8 Å². The number of alkyl halides is 2. The van der Waals surface area contributed by atoms with Crippen LogP contribution in [0, 0.1) is 11.7 Å². The molecule has 190 valence electrons. The highest BCUT2D eigenvalue weighted by molar-refractivity contribution is 8.15. The Morgan fingerprint density at radius 2 is 2.11 bits per heavy atom. The number of halogens is 3. The maximum absolute atomic E-state index is 15.1. The van der Waals surface area contributed by atoms with E-state index in [1.54, 1.807) is 25.3 Å². The van der Waals surface area contributed by atoms with E-state index in [0.717, 1.165) is 11.8 Å². The van der Waals surface area contributed by atoms with E-state index >= 15 is 4.39 Å². The molecule has 0 unspecified atom stereocenters. The molecule has 4 heterocycles. The number of nitrogens with two attached hydrogens (primary N) is 1. The molecule has 1 aliphatic carbocycles. The molecule has 13 heteroatoms. The minimum absolute atomic E-state index is 0.0289. The number of thioether (sulfide) groups is 1. The number of hydrogen-bond acceptors (Lipinski definition) is 10. The van der Waals surface area contributed by atoms with Crippen molar-refractivity contribution in [2.75, 3.05) is 5.32 Å². The first-order valence-corrected chi connectivity index (χ1v) is 12.1. The molecule has 0 amide bonds. The van der Waals surface area contributed by atoms with Crippen molar-refractivity contribution in [2.45, 2.75) is 36.7 Å². The summed E-state index contributed by atoms with van der Waals surface area (Å²) in [6.45, 7) is 1.75. The van der Waals surface area contributed by atoms with E-state index in [0.29, 0.717) is 28.4 Å². The summed E-state index contributed by atoms with van der Waals surface area (Å²) in [6.07, 6.45) is 3.57. The molecule has 0 spiro atoms. The molecule has 1 aliphatic heterocycles. The minimum Gasteiger partial charge on any atom is -0.467 e. The number of benzene rings is 1. The summed E-state index contributed by atoms with van der Waals surface area (Å²) in [6, 6.07) is 6.03. The molecule has 1 aromatic carbocycles. The first kappa shape index (κ1) is 23.5. The van der Waals surface area contributed by atoms with Gasteiger partial charge < -0.3 is 20.2 Å². The van der Waals surface area contributed by atoms with Crippen molar-refractivity contribution in [1.82, 2.24) is 19.9 Å². The Hall–Kier alpha value is -3.87. The fourth-order valence-electron chi connectivity index (χ4n) is 4.78. The van der Waals surface area contributed by atoms with Crippen molar-refractivity contribution in [3.8, 4) is 5.88 Å². The van der Waals surface area contributed by atoms with Gasteiger partial charge in [0, 0.05) is 23.4 Å². The number of nitrogens with zero attached hydrogens (tertiary/aromatic N) is 5. The molecule has 4 aromatic rings. The van der Waals surface area contributed by atoms with Crippen LogP contribution in [0.1, 0.15) is 24.8 Å². The fraction of sp³-hybridized carbons (Fsp3) is 0.292. The highest BCUT2D eigenvalue weighted by Crippen LogP contribution is 2.68. The number of oxazole rings is 1. The fourth-order valence-corrected chi connectivity index (χ4v) is 6.12. The third-order valence-electron chi connectivity index (χ3n) is 6.68. The molecule has 3 aromatic heterocycles. The van der Waals surface area contributed by atoms with E-state index in [-0.39, 0.29) is 29.6 Å². The molecule has 0 bridgehead atoms. The Morgan fingerprint density at radius 1 is 1.24 bits per heavy atom. The summed E-state index contributed by atoms with van der Waals surface area (Å²) in [4.78, 5) is 21.6. The number of hydrogen-bond donors (Lipinski definition) is 2. The highest BCUT2D eigenvalue weighted by atomic mass is 32.2. The zero-order valence-corrected chi connectivity index (χ0v) is 20.2. The van der Waals surface area contributed by atoms with Crippen LogP contribution < -0.4 is 15.8 Å². The predicted molar refractivity (Wildman–Crippen MR) is 131 cm³/mol. The van der Waals surface area contributed by atoms with Gasteiger partial charge in [-0.05, 0) is 37.6 Å². The van der Waals surface area contributed by atoms with E-state index in [9.17, 15) is 8.78 Å². The number of ether oxygens (including phenoxy) is 1. The average molecular weight is 528 g/mol. The Morgan fingerprint density at radius 3 is 2.89 bits per heavy atom. The van der Waals surface area contributed by atoms with Crippen LogP contribution in [0.15, 0.2) is 58.5 Å². The number of aliphatic imine (C=N–C) groups is 1. The van der Waals surface area contributed by atoms with Crippen molar-refractivity contribution in [3.05, 3.63) is 66.4 Å². The Labute approximate surface area is 212 Å². The molecule has 1 fully saturated rings. The van der Waals surface area contributed by atoms with Crippen LogP contribution in [-0.4, -0.2) is 36.3 Å². The first-order valence-electron chi connectivity index (χ1n) is 11.3. The minimum atomic E-state index is -2.59. The van der Waals surface area contributed by atoms with Gasteiger partial charge in [0.2, 0.25) is 11.8 Å². The smallest absolute Gasteiger partial charge is 0.253 e. The normalized spacial score (nSPS) is 24.6. The third kappa shape index (κ3) is 4.02. The predicted octanol–water partition coefficient (Wildman–Crippen LogP) is 4.78. The van der Waals surface area contributed by atoms with Crippen molar-refractivity contribution in [2.24, 2.45) is 16.6 Å². The van der Waals surface area contributed by atoms with E-state index in [4.69, 9.17) is 14.9 Å². The molecular weight excluding hydrogens is 507 g/mol. The molecule has 2 aliphatic rings. The summed E-state index contributed by atoms with van der Waals surface area (Å²) in [5.74, 6) is -0.0390. The lowest BCUT2D eigenvalue weighted by atomic mass is 9.85. The van der Waals surface area contributed by atoms with Crippen LogP contribution in [0.5, 0.6) is 5.88 Å². The molecule has 9 nitrogen and oxygen atoms in total. The number of nitrogens with one attached hydrogen (secondary N) is 1. The van der Waals surface area contributed by atoms with Crippen LogP contribution in [0.4, 0.5) is 24.7 Å². The van der Waals surface area contributed by atoms with Crippen molar-refractivity contribution in [1.29, 1.82) is 0 Å². The summed E-state index contributed by atoms with van der Waals surface area (Å²) in [5, 5.41) is 3.17. The second-order valence-electron chi connectivity index (χ2n) is 8.98. The van der Waals surface area contributed by atoms with Gasteiger partial charge in [0.15, 0.2) is 17.6 Å². The molecule has 0 radical (unpaired) electrons. The van der Waals surface area contributed by atoms with Gasteiger partial charge in [-0.3, -0.25) is 4.99 Å². The Balaban J connectivity index is 1.29. The lowest BCUT2D eigenvalue weighted by Crippen LogP contribution is -2.38. The van der Waals surface area contributed by atoms with E-state index in [1.165, 1.54) is 30.8 Å². The van der Waals surface area contributed by atoms with E-state index in [2.05, 4.69) is 30.2 Å². The molecule has 37 heavy (non-hydrogen) atoms. The SMILES string of the molecule is C[C@@]1(c2cc(Nc3nccc4nc(OCc5ncco5)cnc34)ccc2F)N=C(N)S[C@@]2(C(F)F)C[C@@H]12. The molecule has 0 saturated heterocycles. The molecule has 6 rings (SSSR count). The zero-order chi connectivity index (χ0) is 25.8. The largest absolute Gasteiger partial charge is 0.467 e. The zero-order valence-electron chi connectivity index (χ0n) is 19.4. The van der Waals surface area contributed by atoms with E-state index in [1.807, 2.05) is 0 Å². The summed E-state index contributed by atoms with van der Waals surface area (Å²) >= 11 is 0.881. The summed E-state index contributed by atoms with van der Waals surface area (Å²) < 4.78 is 52.2. The van der Waals surface area contributed by atoms with Crippen molar-refractivity contribution >= 4 is 39.5 Å². The van der Waals surface area contributed by atoms with Gasteiger partial charge in [-0.2, -0.15) is 0 Å². The lowest BCUT2D eigenvalue weighted by Gasteiger charge is -2.34. The van der Waals surface area contributed by atoms with Gasteiger partial charge in [0.25, 0.3) is 6.43 Å². The molecule has 3 N–H and O–H groups in total. The van der Waals surface area contributed by atoms with Crippen LogP contribution in [-0.2, 0) is 12.1 Å². The molecular formula is C24H20F3N7O2S. The summed E-state index contributed by atoms with van der Waals surface area (Å²) in [7, 11) is 0. The standard InChI is InChI=1S/C24H20F3N7O2S/c1-23(16-9-24(16,21(26)27)37-22(28)34-23)13-8-12(2-3-14(13)25)32-20-19-15(4-5-30-20)33-17(10-31-19)36-11-18-29-6-7-35-18/h2-8,10,16,21H,9,11H2,1H3,(H2,28,34)(H,30,32)/t16-,23-,24-/m0/s1. The maximum atomic E-state index is 15.1. The average Bonchev–Trinajstić information content (AvgIpc) is 3.41. The van der Waals surface area contributed by atoms with Crippen LogP contribution in [0.2, 0.25) is 0 Å². The van der Waals surface area contributed by atoms with Gasteiger partial charge in [0.05, 0.1) is 28.2 Å². The van der Waals surface area contributed by atoms with Crippen molar-refractivity contribution < 1.29 is 22.3 Å². The van der Waals surface area contributed by atoms with Gasteiger partial charge >= 0.3 is 0 Å². The molecule has 1 saturated carbocycles. The lowest BCUT2D eigenvalue weighted by molar-refractivity contribution is 0.124. The number of anilines is 2. The quantitative estimate of drug-likeness (QED) is 0.349. The monoisotopic (exact) mass is 527 g/mol. The van der Waals surface area contributed by atoms with Crippen molar-refractivity contribution in [3.63, 3.8) is 0 Å².